The topological polar surface area (TPSA) is 69.7 Å². The Morgan fingerprint density at radius 1 is 0.912 bits per heavy atom. The number of hydrogen-bond acceptors (Lipinski definition) is 4. The maximum Gasteiger partial charge on any atom is 0.253 e. The fourth-order valence-corrected chi connectivity index (χ4v) is 6.98. The molecule has 8 heteroatoms. The first-order valence-corrected chi connectivity index (χ1v) is 12.6. The van der Waals surface area contributed by atoms with E-state index in [1.54, 1.807) is 25.1 Å². The fourth-order valence-electron chi connectivity index (χ4n) is 5.06. The van der Waals surface area contributed by atoms with Crippen molar-refractivity contribution in [3.63, 3.8) is 0 Å². The quantitative estimate of drug-likeness (QED) is 0.610. The van der Waals surface area contributed by atoms with Crippen LogP contribution < -0.4 is 5.32 Å². The molecule has 1 N–H and O–H groups in total. The summed E-state index contributed by atoms with van der Waals surface area (Å²) >= 11 is 0. The molecule has 2 saturated heterocycles. The molecule has 2 aliphatic heterocycles. The second kappa shape index (κ2) is 8.61. The average Bonchev–Trinajstić information content (AvgIpc) is 2.84. The number of rotatable bonds is 5. The highest BCUT2D eigenvalue weighted by molar-refractivity contribution is 7.89. The number of hydrogen-bond donors (Lipinski definition) is 1. The Kier molecular flexibility index (Phi) is 5.75. The zero-order valence-corrected chi connectivity index (χ0v) is 19.8. The van der Waals surface area contributed by atoms with Gasteiger partial charge in [-0.1, -0.05) is 48.5 Å². The van der Waals surface area contributed by atoms with Crippen LogP contribution in [0.1, 0.15) is 21.8 Å². The minimum Gasteiger partial charge on any atom is -0.345 e. The smallest absolute Gasteiger partial charge is 0.253 e. The van der Waals surface area contributed by atoms with Crippen LogP contribution >= 0.6 is 0 Å². The highest BCUT2D eigenvalue weighted by atomic mass is 32.2. The first kappa shape index (κ1) is 22.7. The summed E-state index contributed by atoms with van der Waals surface area (Å²) in [7, 11) is -0.464. The first-order valence-electron chi connectivity index (χ1n) is 11.2. The van der Waals surface area contributed by atoms with Crippen LogP contribution in [0.15, 0.2) is 77.7 Å². The Bertz CT molecular complexity index is 1310. The molecule has 3 atom stereocenters. The predicted octanol–water partition coefficient (Wildman–Crippen LogP) is 3.32. The van der Waals surface area contributed by atoms with E-state index in [1.807, 2.05) is 48.5 Å². The molecule has 0 radical (unpaired) electrons. The van der Waals surface area contributed by atoms with Crippen LogP contribution in [0.3, 0.4) is 0 Å². The minimum atomic E-state index is -3.91. The summed E-state index contributed by atoms with van der Waals surface area (Å²) in [4.78, 5) is 13.4. The van der Waals surface area contributed by atoms with Crippen LogP contribution in [-0.4, -0.2) is 62.8 Å². The molecule has 34 heavy (non-hydrogen) atoms. The number of nitrogens with one attached hydrogen (secondary N) is 1. The van der Waals surface area contributed by atoms with Crippen LogP contribution in [-0.2, 0) is 10.0 Å². The molecule has 1 unspecified atom stereocenters. The van der Waals surface area contributed by atoms with E-state index in [0.717, 1.165) is 16.7 Å². The van der Waals surface area contributed by atoms with Crippen molar-refractivity contribution < 1.29 is 17.6 Å². The average molecular weight is 480 g/mol. The van der Waals surface area contributed by atoms with Gasteiger partial charge in [0.05, 0.1) is 0 Å². The van der Waals surface area contributed by atoms with Gasteiger partial charge in [0.25, 0.3) is 5.91 Å². The van der Waals surface area contributed by atoms with Crippen molar-refractivity contribution in [2.24, 2.45) is 0 Å². The van der Waals surface area contributed by atoms with E-state index in [0.29, 0.717) is 18.7 Å². The largest absolute Gasteiger partial charge is 0.345 e. The number of halogens is 1. The number of piperidine rings is 1. The third-order valence-corrected chi connectivity index (χ3v) is 8.73. The lowest BCUT2D eigenvalue weighted by atomic mass is 9.74. The zero-order chi connectivity index (χ0) is 24.0. The van der Waals surface area contributed by atoms with Crippen LogP contribution in [0.5, 0.6) is 0 Å². The van der Waals surface area contributed by atoms with Gasteiger partial charge in [-0.25, -0.2) is 12.8 Å². The SMILES string of the molecule is CN(C)C(=O)c1ccc(-c2ccc(C3[C@H]4CNC[C@@H]3N4S(=O)(=O)c3ccccc3F)cc2)cc1. The minimum absolute atomic E-state index is 0.0399. The Balaban J connectivity index is 1.37. The van der Waals surface area contributed by atoms with E-state index in [1.165, 1.54) is 22.5 Å². The number of carbonyl (C=O) groups is 1. The van der Waals surface area contributed by atoms with Gasteiger partial charge in [0.2, 0.25) is 10.0 Å². The van der Waals surface area contributed by atoms with Gasteiger partial charge in [0, 0.05) is 50.7 Å². The zero-order valence-electron chi connectivity index (χ0n) is 19.0. The summed E-state index contributed by atoms with van der Waals surface area (Å²) in [6.45, 7) is 1.05. The number of fused-ring (bicyclic) bond motifs is 2. The molecule has 6 nitrogen and oxygen atoms in total. The molecule has 176 valence electrons. The normalized spacial score (nSPS) is 22.1. The van der Waals surface area contributed by atoms with Gasteiger partial charge in [0.1, 0.15) is 10.7 Å². The van der Waals surface area contributed by atoms with Crippen molar-refractivity contribution in [3.05, 3.63) is 89.7 Å². The summed E-state index contributed by atoms with van der Waals surface area (Å²) < 4.78 is 42.2. The molecule has 5 rings (SSSR count). The van der Waals surface area contributed by atoms with E-state index in [-0.39, 0.29) is 28.8 Å². The Hall–Kier alpha value is -3.07. The van der Waals surface area contributed by atoms with Gasteiger partial charge in [-0.3, -0.25) is 4.79 Å². The predicted molar refractivity (Wildman–Crippen MR) is 129 cm³/mol. The maximum absolute atomic E-state index is 14.3. The summed E-state index contributed by atoms with van der Waals surface area (Å²) in [5.74, 6) is -0.710. The van der Waals surface area contributed by atoms with E-state index in [2.05, 4.69) is 5.32 Å². The Morgan fingerprint density at radius 2 is 1.47 bits per heavy atom. The van der Waals surface area contributed by atoms with Gasteiger partial charge in [0.15, 0.2) is 0 Å². The summed E-state index contributed by atoms with van der Waals surface area (Å²) in [6.07, 6.45) is 0. The molecule has 2 fully saturated rings. The molecule has 0 saturated carbocycles. The van der Waals surface area contributed by atoms with E-state index in [9.17, 15) is 17.6 Å². The van der Waals surface area contributed by atoms with Crippen molar-refractivity contribution in [3.8, 4) is 11.1 Å². The van der Waals surface area contributed by atoms with Crippen molar-refractivity contribution in [1.82, 2.24) is 14.5 Å². The van der Waals surface area contributed by atoms with Gasteiger partial charge < -0.3 is 10.2 Å². The maximum atomic E-state index is 14.3. The molecular formula is C26H26FN3O3S. The highest BCUT2D eigenvalue weighted by Gasteiger charge is 2.57. The second-order valence-electron chi connectivity index (χ2n) is 8.98. The molecule has 0 spiro atoms. The van der Waals surface area contributed by atoms with Crippen LogP contribution in [0.2, 0.25) is 0 Å². The van der Waals surface area contributed by atoms with Gasteiger partial charge in [-0.15, -0.1) is 0 Å². The Labute approximate surface area is 199 Å². The van der Waals surface area contributed by atoms with Crippen LogP contribution in [0.4, 0.5) is 4.39 Å². The van der Waals surface area contributed by atoms with E-state index in [4.69, 9.17) is 0 Å². The molecule has 0 aliphatic carbocycles. The number of sulfonamides is 1. The molecule has 2 bridgehead atoms. The summed E-state index contributed by atoms with van der Waals surface area (Å²) in [6, 6.07) is 20.6. The third kappa shape index (κ3) is 3.72. The van der Waals surface area contributed by atoms with Crippen LogP contribution in [0, 0.1) is 5.82 Å². The van der Waals surface area contributed by atoms with Crippen molar-refractivity contribution in [2.75, 3.05) is 27.2 Å². The van der Waals surface area contributed by atoms with Crippen molar-refractivity contribution in [2.45, 2.75) is 22.9 Å². The van der Waals surface area contributed by atoms with Gasteiger partial charge in [-0.05, 0) is 41.0 Å². The van der Waals surface area contributed by atoms with Crippen LogP contribution in [0.25, 0.3) is 11.1 Å². The first-order chi connectivity index (χ1) is 16.3. The number of amides is 1. The molecular weight excluding hydrogens is 453 g/mol. The molecule has 2 heterocycles. The summed E-state index contributed by atoms with van der Waals surface area (Å²) in [5.41, 5.74) is 3.73. The molecule has 3 aromatic rings. The third-order valence-electron chi connectivity index (χ3n) is 6.75. The van der Waals surface area contributed by atoms with Crippen molar-refractivity contribution >= 4 is 15.9 Å². The van der Waals surface area contributed by atoms with Crippen molar-refractivity contribution in [1.29, 1.82) is 0 Å². The lowest BCUT2D eigenvalue weighted by Gasteiger charge is -2.57. The fraction of sp³-hybridized carbons (Fsp3) is 0.269. The Morgan fingerprint density at radius 3 is 2.03 bits per heavy atom. The number of nitrogens with zero attached hydrogens (tertiary/aromatic N) is 2. The van der Waals surface area contributed by atoms with E-state index < -0.39 is 15.8 Å². The number of carbonyl (C=O) groups excluding carboxylic acids is 1. The molecule has 0 aromatic heterocycles. The number of benzene rings is 3. The standard InChI is InChI=1S/C26H26FN3O3S/c1-29(2)26(31)20-13-9-18(10-14-20)17-7-11-19(12-8-17)25-22-15-28-16-23(25)30(22)34(32,33)24-6-4-3-5-21(24)27/h3-14,22-23,25,28H,15-16H2,1-2H3/t22-,23+,25?. The molecule has 2 aliphatic rings. The van der Waals surface area contributed by atoms with E-state index >= 15 is 0 Å². The lowest BCUT2D eigenvalue weighted by molar-refractivity contribution is 0.0368. The summed E-state index contributed by atoms with van der Waals surface area (Å²) in [5, 5.41) is 3.28. The monoisotopic (exact) mass is 479 g/mol. The molecule has 3 aromatic carbocycles. The molecule has 1 amide bonds. The van der Waals surface area contributed by atoms with Gasteiger partial charge in [-0.2, -0.15) is 4.31 Å². The van der Waals surface area contributed by atoms with Gasteiger partial charge >= 0.3 is 0 Å². The number of piperazine rings is 1. The lowest BCUT2D eigenvalue weighted by Crippen LogP contribution is -2.73. The second-order valence-corrected chi connectivity index (χ2v) is 10.8. The highest BCUT2D eigenvalue weighted by Crippen LogP contribution is 2.46.